The lowest BCUT2D eigenvalue weighted by molar-refractivity contribution is -0.155. The van der Waals surface area contributed by atoms with Crippen LogP contribution in [-0.4, -0.2) is 41.1 Å². The van der Waals surface area contributed by atoms with E-state index in [2.05, 4.69) is 5.32 Å². The summed E-state index contributed by atoms with van der Waals surface area (Å²) in [6, 6.07) is 5.17. The molecule has 1 N–H and O–H groups in total. The molecular formula is C18H16F2N2O5S. The Labute approximate surface area is 163 Å². The molecule has 7 nitrogen and oxygen atoms in total. The van der Waals surface area contributed by atoms with Crippen molar-refractivity contribution >= 4 is 35.2 Å². The van der Waals surface area contributed by atoms with Gasteiger partial charge in [-0.1, -0.05) is 0 Å². The average Bonchev–Trinajstić information content (AvgIpc) is 3.31. The quantitative estimate of drug-likeness (QED) is 0.763. The van der Waals surface area contributed by atoms with Crippen molar-refractivity contribution in [3.63, 3.8) is 0 Å². The van der Waals surface area contributed by atoms with Crippen LogP contribution in [0.1, 0.15) is 18.1 Å². The fraction of sp³-hybridized carbons (Fsp3) is 0.278. The highest BCUT2D eigenvalue weighted by Gasteiger charge is 2.43. The fourth-order valence-corrected chi connectivity index (χ4v) is 4.15. The highest BCUT2D eigenvalue weighted by Crippen LogP contribution is 2.41. The Balaban J connectivity index is 1.59. The van der Waals surface area contributed by atoms with Crippen molar-refractivity contribution in [2.45, 2.75) is 18.3 Å². The van der Waals surface area contributed by atoms with Crippen molar-refractivity contribution in [3.05, 3.63) is 54.0 Å². The molecule has 2 amide bonds. The molecule has 0 saturated carbocycles. The van der Waals surface area contributed by atoms with E-state index < -0.39 is 41.5 Å². The molecule has 1 aromatic heterocycles. The lowest BCUT2D eigenvalue weighted by atomic mass is 10.2. The van der Waals surface area contributed by atoms with E-state index >= 15 is 0 Å². The first kappa shape index (κ1) is 19.9. The minimum absolute atomic E-state index is 0.234. The Morgan fingerprint density at radius 3 is 2.75 bits per heavy atom. The van der Waals surface area contributed by atoms with Gasteiger partial charge in [0, 0.05) is 18.7 Å². The maximum absolute atomic E-state index is 13.6. The van der Waals surface area contributed by atoms with Crippen molar-refractivity contribution in [1.82, 2.24) is 4.90 Å². The Morgan fingerprint density at radius 1 is 1.32 bits per heavy atom. The smallest absolute Gasteiger partial charge is 0.330 e. The number of rotatable bonds is 5. The molecule has 0 bridgehead atoms. The third kappa shape index (κ3) is 4.33. The van der Waals surface area contributed by atoms with Crippen molar-refractivity contribution in [2.24, 2.45) is 0 Å². The van der Waals surface area contributed by atoms with Crippen molar-refractivity contribution < 1.29 is 32.3 Å². The van der Waals surface area contributed by atoms with Gasteiger partial charge in [0.15, 0.2) is 6.61 Å². The monoisotopic (exact) mass is 410 g/mol. The predicted octanol–water partition coefficient (Wildman–Crippen LogP) is 2.70. The van der Waals surface area contributed by atoms with E-state index in [1.807, 2.05) is 0 Å². The lowest BCUT2D eigenvalue weighted by Gasteiger charge is -2.25. The molecule has 1 aliphatic rings. The molecule has 0 radical (unpaired) electrons. The number of hydrogen-bond acceptors (Lipinski definition) is 6. The predicted molar refractivity (Wildman–Crippen MR) is 96.2 cm³/mol. The van der Waals surface area contributed by atoms with Gasteiger partial charge in [-0.2, -0.15) is 0 Å². The summed E-state index contributed by atoms with van der Waals surface area (Å²) in [5.74, 6) is -2.82. The van der Waals surface area contributed by atoms with Gasteiger partial charge in [-0.15, -0.1) is 11.8 Å². The number of furan rings is 1. The number of hydrogen-bond donors (Lipinski definition) is 1. The number of amides is 2. The van der Waals surface area contributed by atoms with E-state index in [9.17, 15) is 23.2 Å². The first-order chi connectivity index (χ1) is 13.4. The van der Waals surface area contributed by atoms with E-state index in [1.165, 1.54) is 29.8 Å². The average molecular weight is 410 g/mol. The number of halogens is 2. The van der Waals surface area contributed by atoms with Crippen LogP contribution in [-0.2, 0) is 19.1 Å². The van der Waals surface area contributed by atoms with Crippen LogP contribution >= 0.6 is 11.8 Å². The summed E-state index contributed by atoms with van der Waals surface area (Å²) < 4.78 is 36.7. The molecule has 148 valence electrons. The van der Waals surface area contributed by atoms with Crippen LogP contribution in [0.5, 0.6) is 0 Å². The summed E-state index contributed by atoms with van der Waals surface area (Å²) in [6.45, 7) is 0.653. The molecule has 0 spiro atoms. The molecule has 1 aromatic carbocycles. The first-order valence-corrected chi connectivity index (χ1v) is 9.27. The van der Waals surface area contributed by atoms with Crippen molar-refractivity contribution in [2.75, 3.05) is 17.7 Å². The summed E-state index contributed by atoms with van der Waals surface area (Å²) in [7, 11) is 0. The first-order valence-electron chi connectivity index (χ1n) is 8.22. The largest absolute Gasteiger partial charge is 0.466 e. The molecule has 10 heteroatoms. The highest BCUT2D eigenvalue weighted by molar-refractivity contribution is 7.99. The van der Waals surface area contributed by atoms with Crippen LogP contribution in [0.15, 0.2) is 41.0 Å². The van der Waals surface area contributed by atoms with Crippen LogP contribution in [0.3, 0.4) is 0 Å². The summed E-state index contributed by atoms with van der Waals surface area (Å²) in [4.78, 5) is 37.6. The summed E-state index contributed by atoms with van der Waals surface area (Å²) in [6.07, 6.45) is 1.47. The van der Waals surface area contributed by atoms with Crippen molar-refractivity contribution in [3.8, 4) is 0 Å². The van der Waals surface area contributed by atoms with Gasteiger partial charge in [-0.3, -0.25) is 9.59 Å². The Bertz CT molecular complexity index is 890. The molecule has 0 aliphatic carbocycles. The molecule has 1 fully saturated rings. The third-order valence-corrected chi connectivity index (χ3v) is 5.26. The van der Waals surface area contributed by atoms with E-state index in [-0.39, 0.29) is 17.3 Å². The third-order valence-electron chi connectivity index (χ3n) is 3.97. The Morgan fingerprint density at radius 2 is 2.11 bits per heavy atom. The van der Waals surface area contributed by atoms with Crippen LogP contribution < -0.4 is 5.32 Å². The van der Waals surface area contributed by atoms with Crippen molar-refractivity contribution in [1.29, 1.82) is 0 Å². The minimum Gasteiger partial charge on any atom is -0.466 e. The van der Waals surface area contributed by atoms with Gasteiger partial charge < -0.3 is 19.4 Å². The van der Waals surface area contributed by atoms with E-state index in [0.717, 1.165) is 12.1 Å². The summed E-state index contributed by atoms with van der Waals surface area (Å²) in [5.41, 5.74) is -0.234. The molecule has 1 aliphatic heterocycles. The number of carbonyl (C=O) groups excluding carboxylic acids is 3. The number of nitrogens with zero attached hydrogens (tertiary/aromatic N) is 1. The molecule has 2 heterocycles. The number of carbonyl (C=O) groups is 3. The van der Waals surface area contributed by atoms with Crippen LogP contribution in [0.2, 0.25) is 0 Å². The van der Waals surface area contributed by atoms with Gasteiger partial charge in [-0.25, -0.2) is 13.6 Å². The SMILES string of the molecule is CC(=O)N1[C@H](C(=O)OCC(=O)Nc2ccc(F)cc2F)CS[C@H]1c1ccco1. The molecular weight excluding hydrogens is 394 g/mol. The van der Waals surface area contributed by atoms with Crippen LogP contribution in [0.4, 0.5) is 14.5 Å². The Hall–Kier alpha value is -2.88. The molecule has 2 aromatic rings. The van der Waals surface area contributed by atoms with Gasteiger partial charge >= 0.3 is 5.97 Å². The van der Waals surface area contributed by atoms with E-state index in [4.69, 9.17) is 9.15 Å². The second kappa shape index (κ2) is 8.42. The summed E-state index contributed by atoms with van der Waals surface area (Å²) >= 11 is 1.34. The molecule has 3 rings (SSSR count). The molecule has 28 heavy (non-hydrogen) atoms. The fourth-order valence-electron chi connectivity index (χ4n) is 2.73. The maximum Gasteiger partial charge on any atom is 0.330 e. The van der Waals surface area contributed by atoms with Gasteiger partial charge in [0.25, 0.3) is 5.91 Å². The second-order valence-electron chi connectivity index (χ2n) is 5.92. The molecule has 2 atom stereocenters. The zero-order valence-corrected chi connectivity index (χ0v) is 15.5. The number of thioether (sulfide) groups is 1. The zero-order valence-electron chi connectivity index (χ0n) is 14.7. The number of benzene rings is 1. The lowest BCUT2D eigenvalue weighted by Crippen LogP contribution is -2.43. The highest BCUT2D eigenvalue weighted by atomic mass is 32.2. The van der Waals surface area contributed by atoms with Crippen LogP contribution in [0.25, 0.3) is 0 Å². The van der Waals surface area contributed by atoms with Crippen LogP contribution in [0, 0.1) is 11.6 Å². The second-order valence-corrected chi connectivity index (χ2v) is 7.04. The van der Waals surface area contributed by atoms with Gasteiger partial charge in [0.05, 0.1) is 12.0 Å². The Kier molecular flexibility index (Phi) is 5.98. The topological polar surface area (TPSA) is 88.8 Å². The van der Waals surface area contributed by atoms with E-state index in [1.54, 1.807) is 12.1 Å². The van der Waals surface area contributed by atoms with E-state index in [0.29, 0.717) is 11.8 Å². The zero-order chi connectivity index (χ0) is 20.3. The standard InChI is InChI=1S/C18H16F2N2O5S/c1-10(23)22-14(9-28-17(22)15-3-2-6-26-15)18(25)27-8-16(24)21-13-5-4-11(19)7-12(13)20/h2-7,14,17H,8-9H2,1H3,(H,21,24)/t14-,17-/m0/s1. The van der Waals surface area contributed by atoms with Gasteiger partial charge in [0.1, 0.15) is 28.8 Å². The normalized spacial score (nSPS) is 18.8. The number of esters is 1. The summed E-state index contributed by atoms with van der Waals surface area (Å²) in [5, 5.41) is 1.72. The number of ether oxygens (including phenoxy) is 1. The van der Waals surface area contributed by atoms with Gasteiger partial charge in [-0.05, 0) is 24.3 Å². The van der Waals surface area contributed by atoms with Gasteiger partial charge in [0.2, 0.25) is 5.91 Å². The maximum atomic E-state index is 13.6. The molecule has 1 saturated heterocycles. The number of nitrogens with one attached hydrogen (secondary N) is 1. The number of anilines is 1. The molecule has 0 unspecified atom stereocenters. The minimum atomic E-state index is -0.948.